The molecule has 1 N–H and O–H groups in total. The highest BCUT2D eigenvalue weighted by Gasteiger charge is 2.36. The molecule has 0 saturated carbocycles. The number of hydrogen-bond donors (Lipinski definition) is 1. The van der Waals surface area contributed by atoms with Crippen LogP contribution in [0.2, 0.25) is 5.02 Å². The fraction of sp³-hybridized carbons (Fsp3) is 0.538. The zero-order chi connectivity index (χ0) is 12.5. The summed E-state index contributed by atoms with van der Waals surface area (Å²) in [6.07, 6.45) is 1.31. The van der Waals surface area contributed by atoms with E-state index in [1.807, 2.05) is 12.1 Å². The van der Waals surface area contributed by atoms with E-state index < -0.39 is 0 Å². The molecule has 1 aromatic rings. The zero-order valence-electron chi connectivity index (χ0n) is 10.1. The van der Waals surface area contributed by atoms with Crippen molar-refractivity contribution in [3.8, 4) is 0 Å². The molecule has 4 heteroatoms. The zero-order valence-corrected chi connectivity index (χ0v) is 12.4. The van der Waals surface area contributed by atoms with E-state index in [0.29, 0.717) is 0 Å². The van der Waals surface area contributed by atoms with Crippen molar-refractivity contribution in [1.82, 2.24) is 5.32 Å². The molecule has 1 aliphatic heterocycles. The molecular weight excluding hydrogens is 302 g/mol. The molecule has 1 heterocycles. The van der Waals surface area contributed by atoms with Crippen LogP contribution < -0.4 is 5.32 Å². The molecule has 1 aliphatic rings. The number of halogens is 2. The molecule has 0 radical (unpaired) electrons. The largest absolute Gasteiger partial charge is 0.377 e. The lowest BCUT2D eigenvalue weighted by Crippen LogP contribution is -2.47. The Bertz CT molecular complexity index is 412. The van der Waals surface area contributed by atoms with Crippen LogP contribution in [0.1, 0.15) is 25.8 Å². The van der Waals surface area contributed by atoms with Gasteiger partial charge in [-0.25, -0.2) is 0 Å². The molecule has 1 fully saturated rings. The van der Waals surface area contributed by atoms with Gasteiger partial charge in [-0.1, -0.05) is 17.7 Å². The Morgan fingerprint density at radius 2 is 2.35 bits per heavy atom. The molecule has 1 aromatic carbocycles. The summed E-state index contributed by atoms with van der Waals surface area (Å²) in [7, 11) is 0. The van der Waals surface area contributed by atoms with E-state index in [4.69, 9.17) is 16.3 Å². The van der Waals surface area contributed by atoms with Gasteiger partial charge < -0.3 is 10.1 Å². The third-order valence-electron chi connectivity index (χ3n) is 3.57. The number of nitrogens with one attached hydrogen (secondary N) is 1. The summed E-state index contributed by atoms with van der Waals surface area (Å²) in [5.74, 6) is 0. The standard InChI is InChI=1S/C13H17BrClNO/c1-9-13(2,5-6-17-9)16-8-10-3-4-11(14)12(15)7-10/h3-4,7,9,16H,5-6,8H2,1-2H3. The van der Waals surface area contributed by atoms with Crippen molar-refractivity contribution >= 4 is 27.5 Å². The second-order valence-corrected chi connectivity index (χ2v) is 6.04. The van der Waals surface area contributed by atoms with Crippen molar-refractivity contribution in [2.45, 2.75) is 38.5 Å². The maximum Gasteiger partial charge on any atom is 0.0726 e. The van der Waals surface area contributed by atoms with Crippen LogP contribution in [-0.2, 0) is 11.3 Å². The Morgan fingerprint density at radius 3 is 2.94 bits per heavy atom. The minimum Gasteiger partial charge on any atom is -0.377 e. The first-order chi connectivity index (χ1) is 8.01. The summed E-state index contributed by atoms with van der Waals surface area (Å²) in [5.41, 5.74) is 1.26. The van der Waals surface area contributed by atoms with E-state index in [-0.39, 0.29) is 11.6 Å². The molecule has 0 spiro atoms. The van der Waals surface area contributed by atoms with Gasteiger partial charge >= 0.3 is 0 Å². The van der Waals surface area contributed by atoms with Gasteiger partial charge in [0, 0.05) is 23.2 Å². The SMILES string of the molecule is CC1OCCC1(C)NCc1ccc(Br)c(Cl)c1. The van der Waals surface area contributed by atoms with Gasteiger partial charge in [-0.05, 0) is 53.9 Å². The lowest BCUT2D eigenvalue weighted by molar-refractivity contribution is 0.0881. The van der Waals surface area contributed by atoms with Crippen LogP contribution in [0.25, 0.3) is 0 Å². The van der Waals surface area contributed by atoms with E-state index in [1.54, 1.807) is 0 Å². The van der Waals surface area contributed by atoms with E-state index in [1.165, 1.54) is 5.56 Å². The van der Waals surface area contributed by atoms with Crippen LogP contribution in [0, 0.1) is 0 Å². The van der Waals surface area contributed by atoms with E-state index in [0.717, 1.165) is 29.1 Å². The second-order valence-electron chi connectivity index (χ2n) is 4.78. The van der Waals surface area contributed by atoms with Gasteiger partial charge in [-0.3, -0.25) is 0 Å². The van der Waals surface area contributed by atoms with Crippen LogP contribution in [0.15, 0.2) is 22.7 Å². The third kappa shape index (κ3) is 3.02. The monoisotopic (exact) mass is 317 g/mol. The van der Waals surface area contributed by atoms with Crippen LogP contribution in [0.4, 0.5) is 0 Å². The van der Waals surface area contributed by atoms with Crippen molar-refractivity contribution in [1.29, 1.82) is 0 Å². The second kappa shape index (κ2) is 5.27. The smallest absolute Gasteiger partial charge is 0.0726 e. The highest BCUT2D eigenvalue weighted by molar-refractivity contribution is 9.10. The van der Waals surface area contributed by atoms with Crippen LogP contribution in [-0.4, -0.2) is 18.2 Å². The summed E-state index contributed by atoms with van der Waals surface area (Å²) >= 11 is 9.47. The Morgan fingerprint density at radius 1 is 1.59 bits per heavy atom. The lowest BCUT2D eigenvalue weighted by atomic mass is 9.94. The minimum atomic E-state index is 0.0690. The highest BCUT2D eigenvalue weighted by atomic mass is 79.9. The fourth-order valence-electron chi connectivity index (χ4n) is 2.02. The molecule has 2 rings (SSSR count). The summed E-state index contributed by atoms with van der Waals surface area (Å²) in [6, 6.07) is 6.05. The number of ether oxygens (including phenoxy) is 1. The predicted octanol–water partition coefficient (Wildman–Crippen LogP) is 3.76. The van der Waals surface area contributed by atoms with Gasteiger partial charge in [0.05, 0.1) is 11.1 Å². The molecule has 0 aromatic heterocycles. The highest BCUT2D eigenvalue weighted by Crippen LogP contribution is 2.27. The van der Waals surface area contributed by atoms with Crippen molar-refractivity contribution < 1.29 is 4.74 Å². The Labute approximate surface area is 116 Å². The van der Waals surface area contributed by atoms with Crippen LogP contribution in [0.3, 0.4) is 0 Å². The first-order valence-electron chi connectivity index (χ1n) is 5.82. The van der Waals surface area contributed by atoms with Crippen molar-refractivity contribution in [3.63, 3.8) is 0 Å². The van der Waals surface area contributed by atoms with Crippen LogP contribution in [0.5, 0.6) is 0 Å². The molecule has 2 atom stereocenters. The molecule has 0 bridgehead atoms. The lowest BCUT2D eigenvalue weighted by Gasteiger charge is -2.29. The summed E-state index contributed by atoms with van der Waals surface area (Å²) in [4.78, 5) is 0. The van der Waals surface area contributed by atoms with Gasteiger partial charge in [-0.2, -0.15) is 0 Å². The van der Waals surface area contributed by atoms with Gasteiger partial charge in [0.25, 0.3) is 0 Å². The minimum absolute atomic E-state index is 0.0690. The van der Waals surface area contributed by atoms with Gasteiger partial charge in [-0.15, -0.1) is 0 Å². The number of hydrogen-bond acceptors (Lipinski definition) is 2. The molecule has 2 nitrogen and oxygen atoms in total. The first kappa shape index (κ1) is 13.3. The van der Waals surface area contributed by atoms with Crippen molar-refractivity contribution in [2.24, 2.45) is 0 Å². The summed E-state index contributed by atoms with van der Waals surface area (Å²) < 4.78 is 6.54. The maximum atomic E-state index is 6.07. The van der Waals surface area contributed by atoms with E-state index >= 15 is 0 Å². The Kier molecular flexibility index (Phi) is 4.14. The van der Waals surface area contributed by atoms with Crippen LogP contribution >= 0.6 is 27.5 Å². The fourth-order valence-corrected chi connectivity index (χ4v) is 2.47. The number of benzene rings is 1. The van der Waals surface area contributed by atoms with Gasteiger partial charge in [0.2, 0.25) is 0 Å². The predicted molar refractivity (Wildman–Crippen MR) is 74.4 cm³/mol. The topological polar surface area (TPSA) is 21.3 Å². The molecular formula is C13H17BrClNO. The molecule has 17 heavy (non-hydrogen) atoms. The average Bonchev–Trinajstić information content (AvgIpc) is 2.62. The van der Waals surface area contributed by atoms with E-state index in [2.05, 4.69) is 41.2 Å². The normalized spacial score (nSPS) is 28.6. The maximum absolute atomic E-state index is 6.07. The first-order valence-corrected chi connectivity index (χ1v) is 6.99. The molecule has 0 amide bonds. The van der Waals surface area contributed by atoms with Gasteiger partial charge in [0.15, 0.2) is 0 Å². The number of rotatable bonds is 3. The molecule has 2 unspecified atom stereocenters. The van der Waals surface area contributed by atoms with E-state index in [9.17, 15) is 0 Å². The quantitative estimate of drug-likeness (QED) is 0.916. The third-order valence-corrected chi connectivity index (χ3v) is 4.80. The molecule has 1 saturated heterocycles. The van der Waals surface area contributed by atoms with Gasteiger partial charge in [0.1, 0.15) is 0 Å². The Balaban J connectivity index is 2.00. The average molecular weight is 319 g/mol. The summed E-state index contributed by atoms with van der Waals surface area (Å²) in [6.45, 7) is 5.99. The van der Waals surface area contributed by atoms with Crippen molar-refractivity contribution in [2.75, 3.05) is 6.61 Å². The Hall–Kier alpha value is -0.0900. The molecule has 0 aliphatic carbocycles. The van der Waals surface area contributed by atoms with Crippen molar-refractivity contribution in [3.05, 3.63) is 33.3 Å². The summed E-state index contributed by atoms with van der Waals surface area (Å²) in [5, 5.41) is 4.33. The molecule has 94 valence electrons.